The first-order valence-electron chi connectivity index (χ1n) is 1.55. The second-order valence-electron chi connectivity index (χ2n) is 1.18. The molecule has 0 fully saturated rings. The van der Waals surface area contributed by atoms with E-state index in [0.717, 1.165) is 0 Å². The standard InChI is InChI=1S/C3H7NS2.K.Na.2H/c1-4(2)3(5)6;;;;/h1-2H3,(H,5,6);;;;. The number of hydrogen-bond acceptors (Lipinski definition) is 1. The van der Waals surface area contributed by atoms with Crippen molar-refractivity contribution in [3.05, 3.63) is 0 Å². The predicted molar refractivity (Wildman–Crippen MR) is 49.6 cm³/mol. The molecule has 0 atom stereocenters. The van der Waals surface area contributed by atoms with E-state index in [1.54, 1.807) is 4.90 Å². The summed E-state index contributed by atoms with van der Waals surface area (Å²) in [5.74, 6) is 0. The van der Waals surface area contributed by atoms with E-state index >= 15 is 0 Å². The third kappa shape index (κ3) is 11.6. The topological polar surface area (TPSA) is 3.24 Å². The van der Waals surface area contributed by atoms with Crippen molar-refractivity contribution in [3.63, 3.8) is 0 Å². The van der Waals surface area contributed by atoms with Crippen LogP contribution in [0.1, 0.15) is 0 Å². The zero-order valence-corrected chi connectivity index (χ0v) is 5.51. The van der Waals surface area contributed by atoms with Gasteiger partial charge in [-0.05, 0) is 0 Å². The number of nitrogens with zero attached hydrogens (tertiary/aromatic N) is 1. The van der Waals surface area contributed by atoms with Gasteiger partial charge in [0.1, 0.15) is 4.32 Å². The van der Waals surface area contributed by atoms with Gasteiger partial charge in [-0.25, -0.2) is 0 Å². The summed E-state index contributed by atoms with van der Waals surface area (Å²) in [7, 11) is 3.71. The summed E-state index contributed by atoms with van der Waals surface area (Å²) in [5.41, 5.74) is 0. The molecule has 5 heteroatoms. The van der Waals surface area contributed by atoms with Crippen LogP contribution in [0.4, 0.5) is 0 Å². The number of hydrogen-bond donors (Lipinski definition) is 1. The Morgan fingerprint density at radius 1 is 1.50 bits per heavy atom. The molecule has 0 aliphatic rings. The average Bonchev–Trinajstić information content (AvgIpc) is 1.36. The average molecular weight is 185 g/mol. The van der Waals surface area contributed by atoms with Gasteiger partial charge >= 0.3 is 80.9 Å². The van der Waals surface area contributed by atoms with Crippen LogP contribution in [0, 0.1) is 0 Å². The summed E-state index contributed by atoms with van der Waals surface area (Å²) < 4.78 is 0.620. The molecule has 0 radical (unpaired) electrons. The van der Waals surface area contributed by atoms with Gasteiger partial charge in [0.15, 0.2) is 0 Å². The quantitative estimate of drug-likeness (QED) is 0.307. The normalized spacial score (nSPS) is 5.88. The van der Waals surface area contributed by atoms with Crippen molar-refractivity contribution in [2.45, 2.75) is 0 Å². The monoisotopic (exact) mass is 185 g/mol. The van der Waals surface area contributed by atoms with E-state index in [-0.39, 0.29) is 80.9 Å². The van der Waals surface area contributed by atoms with Crippen LogP contribution in [0.5, 0.6) is 0 Å². The van der Waals surface area contributed by atoms with Gasteiger partial charge in [0.05, 0.1) is 0 Å². The molecule has 1 nitrogen and oxygen atoms in total. The van der Waals surface area contributed by atoms with E-state index < -0.39 is 0 Å². The molecule has 0 aromatic rings. The van der Waals surface area contributed by atoms with E-state index in [4.69, 9.17) is 0 Å². The molecular weight excluding hydrogens is 176 g/mol. The van der Waals surface area contributed by atoms with Crippen LogP contribution < -0.4 is 0 Å². The summed E-state index contributed by atoms with van der Waals surface area (Å²) in [5, 5.41) is 0. The molecule has 0 rings (SSSR count). The molecule has 0 aromatic carbocycles. The van der Waals surface area contributed by atoms with Crippen molar-refractivity contribution >= 4 is 110 Å². The third-order valence-electron chi connectivity index (χ3n) is 0.383. The van der Waals surface area contributed by atoms with Crippen LogP contribution in [-0.4, -0.2) is 104 Å². The van der Waals surface area contributed by atoms with Crippen LogP contribution >= 0.6 is 24.8 Å². The Bertz CT molecular complexity index is 68.3. The van der Waals surface area contributed by atoms with E-state index in [0.29, 0.717) is 4.32 Å². The molecule has 0 bridgehead atoms. The zero-order valence-electron chi connectivity index (χ0n) is 3.80. The molecule has 0 aliphatic carbocycles. The number of thiocarbonyl (C=S) groups is 1. The van der Waals surface area contributed by atoms with Gasteiger partial charge in [0, 0.05) is 14.1 Å². The Hall–Kier alpha value is 2.88. The van der Waals surface area contributed by atoms with Gasteiger partial charge < -0.3 is 4.90 Å². The van der Waals surface area contributed by atoms with E-state index in [2.05, 4.69) is 24.8 Å². The zero-order chi connectivity index (χ0) is 5.15. The Labute approximate surface area is 126 Å². The van der Waals surface area contributed by atoms with Crippen molar-refractivity contribution in [2.24, 2.45) is 0 Å². The molecule has 40 valence electrons. The Morgan fingerprint density at radius 3 is 1.62 bits per heavy atom. The Morgan fingerprint density at radius 2 is 1.62 bits per heavy atom. The summed E-state index contributed by atoms with van der Waals surface area (Å²) in [4.78, 5) is 1.76. The minimum atomic E-state index is 0. The van der Waals surface area contributed by atoms with Crippen molar-refractivity contribution < 1.29 is 0 Å². The SMILES string of the molecule is CN(C)C(=S)S.[KH].[NaH]. The molecule has 0 amide bonds. The molecule has 0 aromatic heterocycles. The Balaban J connectivity index is -0.000000125. The second kappa shape index (κ2) is 9.88. The van der Waals surface area contributed by atoms with Crippen LogP contribution in [-0.2, 0) is 0 Å². The summed E-state index contributed by atoms with van der Waals surface area (Å²) in [6.45, 7) is 0. The van der Waals surface area contributed by atoms with E-state index in [9.17, 15) is 0 Å². The molecule has 0 aliphatic heterocycles. The van der Waals surface area contributed by atoms with Gasteiger partial charge in [-0.2, -0.15) is 0 Å². The van der Waals surface area contributed by atoms with E-state index in [1.165, 1.54) is 0 Å². The first kappa shape index (κ1) is 17.1. The van der Waals surface area contributed by atoms with Gasteiger partial charge in [-0.1, -0.05) is 12.2 Å². The molecule has 0 N–H and O–H groups in total. The fourth-order valence-corrected chi connectivity index (χ4v) is 0. The first-order valence-corrected chi connectivity index (χ1v) is 2.40. The van der Waals surface area contributed by atoms with Crippen LogP contribution in [0.25, 0.3) is 0 Å². The van der Waals surface area contributed by atoms with Crippen molar-refractivity contribution in [2.75, 3.05) is 14.1 Å². The molecule has 0 heterocycles. The molecule has 0 saturated heterocycles. The van der Waals surface area contributed by atoms with Gasteiger partial charge in [-0.3, -0.25) is 0 Å². The fraction of sp³-hybridized carbons (Fsp3) is 0.667. The summed E-state index contributed by atoms with van der Waals surface area (Å²) >= 11 is 8.46. The molecule has 0 spiro atoms. The predicted octanol–water partition coefficient (Wildman–Crippen LogP) is -0.534. The maximum absolute atomic E-state index is 4.61. The number of thiol groups is 1. The first-order chi connectivity index (χ1) is 2.64. The Kier molecular flexibility index (Phi) is 21.1. The second-order valence-corrected chi connectivity index (χ2v) is 2.29. The van der Waals surface area contributed by atoms with Crippen LogP contribution in [0.15, 0.2) is 0 Å². The van der Waals surface area contributed by atoms with Gasteiger partial charge in [0.25, 0.3) is 0 Å². The van der Waals surface area contributed by atoms with Crippen molar-refractivity contribution in [1.29, 1.82) is 0 Å². The molecule has 8 heavy (non-hydrogen) atoms. The van der Waals surface area contributed by atoms with Crippen molar-refractivity contribution in [1.82, 2.24) is 4.90 Å². The van der Waals surface area contributed by atoms with Gasteiger partial charge in [0.2, 0.25) is 0 Å². The van der Waals surface area contributed by atoms with Crippen LogP contribution in [0.2, 0.25) is 0 Å². The maximum atomic E-state index is 4.61. The fourth-order valence-electron chi connectivity index (χ4n) is 0. The van der Waals surface area contributed by atoms with Crippen LogP contribution in [0.3, 0.4) is 0 Å². The number of rotatable bonds is 0. The van der Waals surface area contributed by atoms with Crippen molar-refractivity contribution in [3.8, 4) is 0 Å². The third-order valence-corrected chi connectivity index (χ3v) is 1.15. The van der Waals surface area contributed by atoms with E-state index in [1.807, 2.05) is 14.1 Å². The molecule has 0 saturated carbocycles. The minimum absolute atomic E-state index is 0. The summed E-state index contributed by atoms with van der Waals surface area (Å²) in [6, 6.07) is 0. The van der Waals surface area contributed by atoms with Gasteiger partial charge in [-0.15, -0.1) is 12.6 Å². The molecule has 0 unspecified atom stereocenters. The molecular formula is C3H9KNNaS2. The summed E-state index contributed by atoms with van der Waals surface area (Å²) in [6.07, 6.45) is 0.